The molecular weight excluding hydrogens is 298 g/mol. The molecule has 116 valence electrons. The van der Waals surface area contributed by atoms with Crippen LogP contribution >= 0.6 is 11.8 Å². The van der Waals surface area contributed by atoms with Crippen LogP contribution in [0.4, 0.5) is 0 Å². The molecule has 5 heteroatoms. The number of furan rings is 1. The van der Waals surface area contributed by atoms with Crippen molar-refractivity contribution >= 4 is 17.7 Å². The summed E-state index contributed by atoms with van der Waals surface area (Å²) in [4.78, 5) is 14.1. The first kappa shape index (κ1) is 15.0. The zero-order chi connectivity index (χ0) is 15.5. The second kappa shape index (κ2) is 6.48. The Morgan fingerprint density at radius 3 is 2.91 bits per heavy atom. The third-order valence-corrected chi connectivity index (χ3v) is 4.27. The average molecular weight is 317 g/mol. The summed E-state index contributed by atoms with van der Waals surface area (Å²) in [5, 5.41) is 0. The minimum atomic E-state index is -0.105. The van der Waals surface area contributed by atoms with E-state index in [4.69, 9.17) is 9.15 Å². The SMILES string of the molecule is CSCc1ccc(C(=O)N(C)C[C@@H]2Cc3ccccc3O2)o1. The molecule has 4 nitrogen and oxygen atoms in total. The monoisotopic (exact) mass is 317 g/mol. The fourth-order valence-electron chi connectivity index (χ4n) is 2.64. The van der Waals surface area contributed by atoms with E-state index in [1.165, 1.54) is 5.56 Å². The predicted molar refractivity (Wildman–Crippen MR) is 87.4 cm³/mol. The molecule has 1 aliphatic heterocycles. The van der Waals surface area contributed by atoms with E-state index < -0.39 is 0 Å². The van der Waals surface area contributed by atoms with E-state index in [0.717, 1.165) is 23.7 Å². The van der Waals surface area contributed by atoms with E-state index >= 15 is 0 Å². The molecule has 1 amide bonds. The van der Waals surface area contributed by atoms with Crippen LogP contribution in [0.1, 0.15) is 21.9 Å². The molecule has 2 aromatic rings. The largest absolute Gasteiger partial charge is 0.488 e. The molecule has 0 spiro atoms. The van der Waals surface area contributed by atoms with Crippen LogP contribution in [0, 0.1) is 0 Å². The number of hydrogen-bond donors (Lipinski definition) is 0. The molecule has 0 bridgehead atoms. The van der Waals surface area contributed by atoms with E-state index in [2.05, 4.69) is 6.07 Å². The molecule has 0 unspecified atom stereocenters. The highest BCUT2D eigenvalue weighted by Gasteiger charge is 2.26. The molecule has 0 fully saturated rings. The van der Waals surface area contributed by atoms with Crippen LogP contribution in [-0.2, 0) is 12.2 Å². The number of para-hydroxylation sites is 1. The summed E-state index contributed by atoms with van der Waals surface area (Å²) < 4.78 is 11.5. The van der Waals surface area contributed by atoms with E-state index in [9.17, 15) is 4.79 Å². The summed E-state index contributed by atoms with van der Waals surface area (Å²) in [6.07, 6.45) is 2.85. The van der Waals surface area contributed by atoms with Crippen molar-refractivity contribution in [3.63, 3.8) is 0 Å². The highest BCUT2D eigenvalue weighted by molar-refractivity contribution is 7.97. The van der Waals surface area contributed by atoms with E-state index in [0.29, 0.717) is 12.3 Å². The van der Waals surface area contributed by atoms with E-state index in [1.807, 2.05) is 30.5 Å². The van der Waals surface area contributed by atoms with E-state index in [-0.39, 0.29) is 12.0 Å². The molecule has 0 aliphatic carbocycles. The van der Waals surface area contributed by atoms with Crippen molar-refractivity contribution in [2.75, 3.05) is 19.8 Å². The number of carbonyl (C=O) groups is 1. The zero-order valence-electron chi connectivity index (χ0n) is 12.7. The lowest BCUT2D eigenvalue weighted by Gasteiger charge is -2.20. The fraction of sp³-hybridized carbons (Fsp3) is 0.353. The lowest BCUT2D eigenvalue weighted by molar-refractivity contribution is 0.0698. The topological polar surface area (TPSA) is 42.7 Å². The van der Waals surface area contributed by atoms with Gasteiger partial charge in [0.05, 0.1) is 12.3 Å². The van der Waals surface area contributed by atoms with Crippen LogP contribution in [0.15, 0.2) is 40.8 Å². The molecule has 1 aliphatic rings. The molecule has 22 heavy (non-hydrogen) atoms. The summed E-state index contributed by atoms with van der Waals surface area (Å²) in [6.45, 7) is 0.548. The maximum Gasteiger partial charge on any atom is 0.289 e. The first-order valence-electron chi connectivity index (χ1n) is 7.25. The third-order valence-electron chi connectivity index (χ3n) is 3.70. The van der Waals surface area contributed by atoms with Crippen molar-refractivity contribution in [1.82, 2.24) is 4.90 Å². The van der Waals surface area contributed by atoms with Gasteiger partial charge in [-0.25, -0.2) is 0 Å². The molecular formula is C17H19NO3S. The molecule has 0 radical (unpaired) electrons. The van der Waals surface area contributed by atoms with Crippen LogP contribution in [-0.4, -0.2) is 36.8 Å². The lowest BCUT2D eigenvalue weighted by Crippen LogP contribution is -2.36. The van der Waals surface area contributed by atoms with Crippen LogP contribution < -0.4 is 4.74 Å². The Bertz CT molecular complexity index is 642. The second-order valence-corrected chi connectivity index (χ2v) is 6.30. The highest BCUT2D eigenvalue weighted by Crippen LogP contribution is 2.28. The Kier molecular flexibility index (Phi) is 4.43. The van der Waals surface area contributed by atoms with Gasteiger partial charge in [0.25, 0.3) is 5.91 Å². The van der Waals surface area contributed by atoms with Crippen molar-refractivity contribution in [3.05, 3.63) is 53.5 Å². The average Bonchev–Trinajstić information content (AvgIpc) is 3.12. The standard InChI is InChI=1S/C17H19NO3S/c1-18(17(19)16-8-7-13(20-16)11-22-2)10-14-9-12-5-3-4-6-15(12)21-14/h3-8,14H,9-11H2,1-2H3/t14-/m0/s1. The smallest absolute Gasteiger partial charge is 0.289 e. The van der Waals surface area contributed by atoms with Crippen molar-refractivity contribution < 1.29 is 13.9 Å². The number of nitrogens with zero attached hydrogens (tertiary/aromatic N) is 1. The number of carbonyl (C=O) groups excluding carboxylic acids is 1. The lowest BCUT2D eigenvalue weighted by atomic mass is 10.1. The molecule has 1 aromatic carbocycles. The third kappa shape index (κ3) is 3.14. The number of likely N-dealkylation sites (N-methyl/N-ethyl adjacent to an activating group) is 1. The zero-order valence-corrected chi connectivity index (χ0v) is 13.6. The van der Waals surface area contributed by atoms with Gasteiger partial charge in [-0.3, -0.25) is 4.79 Å². The fourth-order valence-corrected chi connectivity index (χ4v) is 3.08. The van der Waals surface area contributed by atoms with Crippen LogP contribution in [0.25, 0.3) is 0 Å². The molecule has 3 rings (SSSR count). The van der Waals surface area contributed by atoms with Crippen molar-refractivity contribution in [1.29, 1.82) is 0 Å². The molecule has 0 N–H and O–H groups in total. The van der Waals surface area contributed by atoms with Crippen LogP contribution in [0.3, 0.4) is 0 Å². The number of ether oxygens (including phenoxy) is 1. The number of rotatable bonds is 5. The summed E-state index contributed by atoms with van der Waals surface area (Å²) >= 11 is 1.67. The summed E-state index contributed by atoms with van der Waals surface area (Å²) in [6, 6.07) is 11.6. The van der Waals surface area contributed by atoms with Gasteiger partial charge in [0, 0.05) is 13.5 Å². The maximum atomic E-state index is 12.4. The number of amides is 1. The van der Waals surface area contributed by atoms with Gasteiger partial charge in [-0.1, -0.05) is 18.2 Å². The number of thioether (sulfide) groups is 1. The van der Waals surface area contributed by atoms with Crippen LogP contribution in [0.5, 0.6) is 5.75 Å². The van der Waals surface area contributed by atoms with Gasteiger partial charge in [-0.15, -0.1) is 0 Å². The summed E-state index contributed by atoms with van der Waals surface area (Å²) in [7, 11) is 1.78. The van der Waals surface area contributed by atoms with Crippen LogP contribution in [0.2, 0.25) is 0 Å². The summed E-state index contributed by atoms with van der Waals surface area (Å²) in [5.41, 5.74) is 1.20. The van der Waals surface area contributed by atoms with Gasteiger partial charge >= 0.3 is 0 Å². The minimum Gasteiger partial charge on any atom is -0.488 e. The van der Waals surface area contributed by atoms with Gasteiger partial charge in [-0.2, -0.15) is 11.8 Å². The molecule has 1 aromatic heterocycles. The predicted octanol–water partition coefficient (Wildman–Crippen LogP) is 3.22. The Morgan fingerprint density at radius 2 is 2.14 bits per heavy atom. The number of benzene rings is 1. The van der Waals surface area contributed by atoms with Crippen molar-refractivity contribution in [3.8, 4) is 5.75 Å². The highest BCUT2D eigenvalue weighted by atomic mass is 32.2. The van der Waals surface area contributed by atoms with Gasteiger partial charge in [-0.05, 0) is 30.0 Å². The Labute approximate surface area is 134 Å². The van der Waals surface area contributed by atoms with Crippen molar-refractivity contribution in [2.45, 2.75) is 18.3 Å². The maximum absolute atomic E-state index is 12.4. The molecule has 1 atom stereocenters. The number of fused-ring (bicyclic) bond motifs is 1. The van der Waals surface area contributed by atoms with E-state index in [1.54, 1.807) is 29.8 Å². The minimum absolute atomic E-state index is 0.00646. The normalized spacial score (nSPS) is 16.2. The van der Waals surface area contributed by atoms with Gasteiger partial charge < -0.3 is 14.1 Å². The molecule has 2 heterocycles. The van der Waals surface area contributed by atoms with Gasteiger partial charge in [0.15, 0.2) is 5.76 Å². The first-order valence-corrected chi connectivity index (χ1v) is 8.64. The number of hydrogen-bond acceptors (Lipinski definition) is 4. The van der Waals surface area contributed by atoms with Crippen molar-refractivity contribution in [2.24, 2.45) is 0 Å². The molecule has 0 saturated heterocycles. The second-order valence-electron chi connectivity index (χ2n) is 5.44. The summed E-state index contributed by atoms with van der Waals surface area (Å²) in [5.74, 6) is 2.81. The molecule has 0 saturated carbocycles. The Balaban J connectivity index is 1.60. The van der Waals surface area contributed by atoms with Gasteiger partial charge in [0.2, 0.25) is 0 Å². The Hall–Kier alpha value is -1.88. The first-order chi connectivity index (χ1) is 10.7. The Morgan fingerprint density at radius 1 is 1.32 bits per heavy atom. The quantitative estimate of drug-likeness (QED) is 0.849. The van der Waals surface area contributed by atoms with Gasteiger partial charge in [0.1, 0.15) is 17.6 Å².